The Kier molecular flexibility index (Phi) is 6.33. The molecule has 134 valence electrons. The van der Waals surface area contributed by atoms with E-state index < -0.39 is 5.97 Å². The zero-order valence-electron chi connectivity index (χ0n) is 15.2. The fourth-order valence-corrected chi connectivity index (χ4v) is 2.69. The Morgan fingerprint density at radius 1 is 1.24 bits per heavy atom. The summed E-state index contributed by atoms with van der Waals surface area (Å²) in [5, 5.41) is 3.90. The van der Waals surface area contributed by atoms with E-state index in [9.17, 15) is 9.59 Å². The topological polar surface area (TPSA) is 72.6 Å². The van der Waals surface area contributed by atoms with E-state index in [1.807, 2.05) is 13.0 Å². The van der Waals surface area contributed by atoms with Gasteiger partial charge in [-0.05, 0) is 32.4 Å². The van der Waals surface area contributed by atoms with Gasteiger partial charge in [-0.25, -0.2) is 4.79 Å². The molecule has 0 N–H and O–H groups in total. The minimum Gasteiger partial charge on any atom is -0.465 e. The van der Waals surface area contributed by atoms with Gasteiger partial charge in [0, 0.05) is 12.1 Å². The lowest BCUT2D eigenvalue weighted by atomic mass is 10.1. The molecule has 1 heterocycles. The minimum atomic E-state index is -0.456. The molecule has 1 amide bonds. The first-order valence-corrected chi connectivity index (χ1v) is 8.39. The first kappa shape index (κ1) is 18.7. The van der Waals surface area contributed by atoms with Gasteiger partial charge in [-0.1, -0.05) is 30.6 Å². The van der Waals surface area contributed by atoms with Gasteiger partial charge >= 0.3 is 5.97 Å². The number of carbonyl (C=O) groups is 2. The van der Waals surface area contributed by atoms with E-state index in [1.165, 1.54) is 7.11 Å². The molecule has 0 atom stereocenters. The van der Waals surface area contributed by atoms with Crippen molar-refractivity contribution in [3.8, 4) is 0 Å². The van der Waals surface area contributed by atoms with Gasteiger partial charge in [0.25, 0.3) is 0 Å². The summed E-state index contributed by atoms with van der Waals surface area (Å²) in [6, 6.07) is 7.01. The van der Waals surface area contributed by atoms with Crippen molar-refractivity contribution in [3.63, 3.8) is 0 Å². The van der Waals surface area contributed by atoms with Crippen molar-refractivity contribution in [1.82, 2.24) is 5.16 Å². The molecule has 0 saturated heterocycles. The number of para-hydroxylation sites is 1. The van der Waals surface area contributed by atoms with E-state index in [4.69, 9.17) is 9.26 Å². The molecule has 0 aliphatic carbocycles. The zero-order valence-corrected chi connectivity index (χ0v) is 15.2. The molecule has 0 aliphatic rings. The minimum absolute atomic E-state index is 0.0980. The van der Waals surface area contributed by atoms with Crippen LogP contribution in [0.15, 0.2) is 28.8 Å². The first-order chi connectivity index (χ1) is 12.0. The highest BCUT2D eigenvalue weighted by Crippen LogP contribution is 2.24. The number of hydrogen-bond donors (Lipinski definition) is 0. The first-order valence-electron chi connectivity index (χ1n) is 8.39. The fraction of sp³-hybridized carbons (Fsp3) is 0.421. The Bertz CT molecular complexity index is 732. The summed E-state index contributed by atoms with van der Waals surface area (Å²) in [5.74, 6) is 0.0870. The maximum Gasteiger partial charge on any atom is 0.339 e. The molecule has 1 aromatic carbocycles. The molecular formula is C19H24N2O4. The Balaban J connectivity index is 2.36. The highest BCUT2D eigenvalue weighted by Gasteiger charge is 2.23. The van der Waals surface area contributed by atoms with Gasteiger partial charge < -0.3 is 14.2 Å². The van der Waals surface area contributed by atoms with Crippen molar-refractivity contribution >= 4 is 17.6 Å². The molecule has 0 aliphatic heterocycles. The third kappa shape index (κ3) is 4.26. The van der Waals surface area contributed by atoms with Crippen molar-refractivity contribution in [2.24, 2.45) is 0 Å². The molecule has 2 rings (SSSR count). The van der Waals surface area contributed by atoms with E-state index in [1.54, 1.807) is 30.0 Å². The van der Waals surface area contributed by atoms with Crippen LogP contribution in [0.1, 0.15) is 47.1 Å². The number of anilines is 1. The zero-order chi connectivity index (χ0) is 18.4. The van der Waals surface area contributed by atoms with Crippen molar-refractivity contribution in [2.75, 3.05) is 18.6 Å². The Hall–Kier alpha value is -2.63. The van der Waals surface area contributed by atoms with Gasteiger partial charge in [0.2, 0.25) is 5.91 Å². The Morgan fingerprint density at radius 2 is 1.96 bits per heavy atom. The van der Waals surface area contributed by atoms with E-state index in [2.05, 4.69) is 12.1 Å². The van der Waals surface area contributed by atoms with Crippen molar-refractivity contribution in [2.45, 2.75) is 40.0 Å². The van der Waals surface area contributed by atoms with Crippen molar-refractivity contribution in [3.05, 3.63) is 46.8 Å². The molecule has 0 spiro atoms. The summed E-state index contributed by atoms with van der Waals surface area (Å²) in [5.41, 5.74) is 2.46. The smallest absolute Gasteiger partial charge is 0.339 e. The van der Waals surface area contributed by atoms with Crippen molar-refractivity contribution < 1.29 is 18.8 Å². The molecule has 6 nitrogen and oxygen atoms in total. The molecular weight excluding hydrogens is 320 g/mol. The van der Waals surface area contributed by atoms with Crippen molar-refractivity contribution in [1.29, 1.82) is 0 Å². The number of amides is 1. The van der Waals surface area contributed by atoms with Gasteiger partial charge in [-0.2, -0.15) is 0 Å². The van der Waals surface area contributed by atoms with E-state index in [-0.39, 0.29) is 12.3 Å². The van der Waals surface area contributed by atoms with Gasteiger partial charge in [0.05, 0.1) is 30.5 Å². The van der Waals surface area contributed by atoms with Gasteiger partial charge in [-0.15, -0.1) is 0 Å². The van der Waals surface area contributed by atoms with Crippen LogP contribution in [-0.4, -0.2) is 30.7 Å². The molecule has 2 aromatic rings. The lowest BCUT2D eigenvalue weighted by Gasteiger charge is -2.24. The van der Waals surface area contributed by atoms with E-state index in [0.29, 0.717) is 29.2 Å². The number of aromatic nitrogens is 1. The lowest BCUT2D eigenvalue weighted by molar-refractivity contribution is -0.118. The number of nitrogens with zero attached hydrogens (tertiary/aromatic N) is 2. The van der Waals surface area contributed by atoms with E-state index in [0.717, 1.165) is 18.4 Å². The van der Waals surface area contributed by atoms with Crippen LogP contribution in [0.2, 0.25) is 0 Å². The van der Waals surface area contributed by atoms with Gasteiger partial charge in [-0.3, -0.25) is 4.79 Å². The monoisotopic (exact) mass is 344 g/mol. The normalized spacial score (nSPS) is 10.6. The number of ether oxygens (including phenoxy) is 1. The maximum absolute atomic E-state index is 13.0. The lowest BCUT2D eigenvalue weighted by Crippen LogP contribution is -2.34. The summed E-state index contributed by atoms with van der Waals surface area (Å²) in [7, 11) is 1.33. The largest absolute Gasteiger partial charge is 0.465 e. The standard InChI is InChI=1S/C19H24N2O4/c1-5-6-11-21(17-10-8-7-9-15(17)19(23)24-4)18(22)12-16-13(2)20-25-14(16)3/h7-10H,5-6,11-12H2,1-4H3. The molecule has 0 fully saturated rings. The molecule has 0 unspecified atom stereocenters. The number of unbranched alkanes of at least 4 members (excludes halogenated alkanes) is 1. The summed E-state index contributed by atoms with van der Waals surface area (Å²) in [6.07, 6.45) is 1.96. The van der Waals surface area contributed by atoms with Crippen LogP contribution in [0.5, 0.6) is 0 Å². The molecule has 25 heavy (non-hydrogen) atoms. The molecule has 1 aromatic heterocycles. The highest BCUT2D eigenvalue weighted by molar-refractivity contribution is 6.03. The summed E-state index contributed by atoms with van der Waals surface area (Å²) >= 11 is 0. The second kappa shape index (κ2) is 8.46. The van der Waals surface area contributed by atoms with Crippen LogP contribution in [-0.2, 0) is 16.0 Å². The average molecular weight is 344 g/mol. The predicted octanol–water partition coefficient (Wildman–Crippen LogP) is 3.45. The van der Waals surface area contributed by atoms with Gasteiger partial charge in [0.15, 0.2) is 0 Å². The SMILES string of the molecule is CCCCN(C(=O)Cc1c(C)noc1C)c1ccccc1C(=O)OC. The maximum atomic E-state index is 13.0. The fourth-order valence-electron chi connectivity index (χ4n) is 2.69. The number of rotatable bonds is 7. The summed E-state index contributed by atoms with van der Waals surface area (Å²) in [4.78, 5) is 26.7. The van der Waals surface area contributed by atoms with Crippen LogP contribution in [0, 0.1) is 13.8 Å². The average Bonchev–Trinajstić information content (AvgIpc) is 2.93. The summed E-state index contributed by atoms with van der Waals surface area (Å²) in [6.45, 7) is 6.20. The van der Waals surface area contributed by atoms with Crippen LogP contribution in [0.3, 0.4) is 0 Å². The Morgan fingerprint density at radius 3 is 2.56 bits per heavy atom. The molecule has 0 radical (unpaired) electrons. The van der Waals surface area contributed by atoms with Crippen LogP contribution in [0.25, 0.3) is 0 Å². The van der Waals surface area contributed by atoms with Crippen LogP contribution < -0.4 is 4.90 Å². The predicted molar refractivity (Wildman–Crippen MR) is 94.7 cm³/mol. The van der Waals surface area contributed by atoms with Crippen LogP contribution in [0.4, 0.5) is 5.69 Å². The number of hydrogen-bond acceptors (Lipinski definition) is 5. The number of aryl methyl sites for hydroxylation is 2. The second-order valence-corrected chi connectivity index (χ2v) is 5.89. The highest BCUT2D eigenvalue weighted by atomic mass is 16.5. The summed E-state index contributed by atoms with van der Waals surface area (Å²) < 4.78 is 10.0. The molecule has 0 bridgehead atoms. The third-order valence-corrected chi connectivity index (χ3v) is 4.15. The number of benzene rings is 1. The number of methoxy groups -OCH3 is 1. The number of carbonyl (C=O) groups excluding carboxylic acids is 2. The Labute approximate surface area is 147 Å². The quantitative estimate of drug-likeness (QED) is 0.719. The number of esters is 1. The van der Waals surface area contributed by atoms with Crippen LogP contribution >= 0.6 is 0 Å². The molecule has 6 heteroatoms. The van der Waals surface area contributed by atoms with Gasteiger partial charge in [0.1, 0.15) is 5.76 Å². The molecule has 0 saturated carbocycles. The second-order valence-electron chi connectivity index (χ2n) is 5.89. The third-order valence-electron chi connectivity index (χ3n) is 4.15. The van der Waals surface area contributed by atoms with E-state index >= 15 is 0 Å².